The normalized spacial score (nSPS) is 10.9. The molecule has 0 fully saturated rings. The first-order valence-electron chi connectivity index (χ1n) is 6.65. The van der Waals surface area contributed by atoms with Gasteiger partial charge >= 0.3 is 0 Å². The molecule has 6 heteroatoms. The summed E-state index contributed by atoms with van der Waals surface area (Å²) in [7, 11) is 0. The first-order chi connectivity index (χ1) is 10.5. The van der Waals surface area contributed by atoms with Crippen LogP contribution in [0, 0.1) is 6.92 Å². The van der Waals surface area contributed by atoms with Crippen molar-refractivity contribution in [3.8, 4) is 0 Å². The minimum Gasteiger partial charge on any atom is -0.458 e. The summed E-state index contributed by atoms with van der Waals surface area (Å²) in [5.74, 6) is 0.259. The highest BCUT2D eigenvalue weighted by Gasteiger charge is 2.22. The number of amides is 1. The van der Waals surface area contributed by atoms with Crippen molar-refractivity contribution < 1.29 is 14.0 Å². The second-order valence-electron chi connectivity index (χ2n) is 4.99. The number of H-pyrrole nitrogens is 1. The van der Waals surface area contributed by atoms with Crippen LogP contribution < -0.4 is 5.32 Å². The molecule has 2 N–H and O–H groups in total. The molecule has 0 radical (unpaired) electrons. The molecule has 0 bridgehead atoms. The summed E-state index contributed by atoms with van der Waals surface area (Å²) in [6.07, 6.45) is 0. The van der Waals surface area contributed by atoms with Gasteiger partial charge in [-0.25, -0.2) is 0 Å². The Morgan fingerprint density at radius 1 is 1.23 bits per heavy atom. The van der Waals surface area contributed by atoms with Gasteiger partial charge in [-0.3, -0.25) is 9.59 Å². The number of rotatable bonds is 3. The van der Waals surface area contributed by atoms with E-state index >= 15 is 0 Å². The molecule has 112 valence electrons. The van der Waals surface area contributed by atoms with E-state index in [0.717, 1.165) is 0 Å². The molecular formula is C16H13ClN2O3. The number of ketones is 1. The zero-order valence-corrected chi connectivity index (χ0v) is 12.7. The van der Waals surface area contributed by atoms with Crippen molar-refractivity contribution in [3.05, 3.63) is 52.6 Å². The summed E-state index contributed by atoms with van der Waals surface area (Å²) < 4.78 is 5.37. The van der Waals surface area contributed by atoms with Crippen LogP contribution in [0.5, 0.6) is 0 Å². The van der Waals surface area contributed by atoms with Crippen LogP contribution in [-0.4, -0.2) is 16.7 Å². The van der Waals surface area contributed by atoms with Crippen LogP contribution in [-0.2, 0) is 4.79 Å². The number of benzene rings is 1. The molecule has 2 aromatic heterocycles. The number of aromatic nitrogens is 1. The molecule has 1 amide bonds. The molecule has 0 aliphatic rings. The van der Waals surface area contributed by atoms with Crippen LogP contribution >= 0.6 is 11.6 Å². The third-order valence-electron chi connectivity index (χ3n) is 3.25. The quantitative estimate of drug-likeness (QED) is 0.719. The van der Waals surface area contributed by atoms with Crippen LogP contribution in [0.2, 0.25) is 5.02 Å². The summed E-state index contributed by atoms with van der Waals surface area (Å²) >= 11 is 5.98. The first kappa shape index (κ1) is 14.4. The predicted octanol–water partition coefficient (Wildman–Crippen LogP) is 3.91. The van der Waals surface area contributed by atoms with E-state index in [0.29, 0.717) is 27.4 Å². The molecule has 3 rings (SSSR count). The third kappa shape index (κ3) is 2.51. The summed E-state index contributed by atoms with van der Waals surface area (Å²) in [6, 6.07) is 8.48. The summed E-state index contributed by atoms with van der Waals surface area (Å²) in [6.45, 7) is 3.15. The fourth-order valence-electron chi connectivity index (χ4n) is 2.33. The number of aromatic amines is 1. The number of carbonyl (C=O) groups is 2. The van der Waals surface area contributed by atoms with Gasteiger partial charge in [-0.2, -0.15) is 0 Å². The van der Waals surface area contributed by atoms with E-state index in [2.05, 4.69) is 10.3 Å². The smallest absolute Gasteiger partial charge is 0.246 e. The zero-order chi connectivity index (χ0) is 15.9. The molecule has 0 saturated carbocycles. The first-order valence-corrected chi connectivity index (χ1v) is 7.03. The van der Waals surface area contributed by atoms with Crippen molar-refractivity contribution in [2.45, 2.75) is 13.8 Å². The Labute approximate surface area is 131 Å². The zero-order valence-electron chi connectivity index (χ0n) is 12.0. The number of furan rings is 1. The van der Waals surface area contributed by atoms with Gasteiger partial charge in [-0.15, -0.1) is 0 Å². The topological polar surface area (TPSA) is 75.1 Å². The fourth-order valence-corrected chi connectivity index (χ4v) is 2.50. The Hall–Kier alpha value is -2.53. The summed E-state index contributed by atoms with van der Waals surface area (Å²) in [5, 5.41) is 3.95. The van der Waals surface area contributed by atoms with Gasteiger partial charge in [0.2, 0.25) is 11.7 Å². The maximum absolute atomic E-state index is 12.6. The van der Waals surface area contributed by atoms with Crippen LogP contribution in [0.4, 0.5) is 5.69 Å². The molecule has 2 heterocycles. The molecular weight excluding hydrogens is 304 g/mol. The molecule has 0 aliphatic heterocycles. The number of fused-ring (bicyclic) bond motifs is 1. The van der Waals surface area contributed by atoms with Gasteiger partial charge in [-0.05, 0) is 37.3 Å². The van der Waals surface area contributed by atoms with Crippen molar-refractivity contribution in [3.63, 3.8) is 0 Å². The number of aryl methyl sites for hydroxylation is 1. The summed E-state index contributed by atoms with van der Waals surface area (Å²) in [4.78, 5) is 27.1. The van der Waals surface area contributed by atoms with Gasteiger partial charge in [0.1, 0.15) is 11.5 Å². The van der Waals surface area contributed by atoms with Crippen molar-refractivity contribution in [2.24, 2.45) is 0 Å². The van der Waals surface area contributed by atoms with E-state index in [-0.39, 0.29) is 23.1 Å². The Balaban J connectivity index is 2.18. The average Bonchev–Trinajstić information content (AvgIpc) is 3.02. The maximum atomic E-state index is 12.6. The maximum Gasteiger partial charge on any atom is 0.246 e. The van der Waals surface area contributed by atoms with Crippen LogP contribution in [0.25, 0.3) is 10.9 Å². The van der Waals surface area contributed by atoms with E-state index in [9.17, 15) is 9.59 Å². The van der Waals surface area contributed by atoms with Gasteiger partial charge in [0.05, 0.1) is 5.69 Å². The van der Waals surface area contributed by atoms with Crippen molar-refractivity contribution >= 4 is 39.9 Å². The Bertz CT molecular complexity index is 892. The van der Waals surface area contributed by atoms with E-state index in [1.54, 1.807) is 37.3 Å². The lowest BCUT2D eigenvalue weighted by Gasteiger charge is -2.03. The fraction of sp³-hybridized carbons (Fsp3) is 0.125. The highest BCUT2D eigenvalue weighted by atomic mass is 35.5. The Morgan fingerprint density at radius 3 is 2.64 bits per heavy atom. The second-order valence-corrected chi connectivity index (χ2v) is 5.42. The Kier molecular flexibility index (Phi) is 3.50. The molecule has 3 aromatic rings. The minimum absolute atomic E-state index is 0.210. The molecule has 0 saturated heterocycles. The van der Waals surface area contributed by atoms with Gasteiger partial charge in [-0.1, -0.05) is 11.6 Å². The molecule has 22 heavy (non-hydrogen) atoms. The van der Waals surface area contributed by atoms with E-state index in [1.807, 2.05) is 0 Å². The SMILES string of the molecule is CC(=O)Nc1c(C(=O)c2ccc(C)o2)[nH]c2cc(Cl)ccc12. The second kappa shape index (κ2) is 5.35. The Morgan fingerprint density at radius 2 is 2.00 bits per heavy atom. The number of carbonyl (C=O) groups excluding carboxylic acids is 2. The molecule has 1 aromatic carbocycles. The average molecular weight is 317 g/mol. The molecule has 5 nitrogen and oxygen atoms in total. The van der Waals surface area contributed by atoms with Crippen LogP contribution in [0.1, 0.15) is 28.9 Å². The number of halogens is 1. The predicted molar refractivity (Wildman–Crippen MR) is 84.5 cm³/mol. The lowest BCUT2D eigenvalue weighted by atomic mass is 10.1. The third-order valence-corrected chi connectivity index (χ3v) is 3.49. The standard InChI is InChI=1S/C16H13ClN2O3/c1-8-3-6-13(22-8)16(21)15-14(18-9(2)20)11-5-4-10(17)7-12(11)19-15/h3-7,19H,1-2H3,(H,18,20). The van der Waals surface area contributed by atoms with Crippen molar-refractivity contribution in [2.75, 3.05) is 5.32 Å². The van der Waals surface area contributed by atoms with Gasteiger partial charge < -0.3 is 14.7 Å². The number of hydrogen-bond donors (Lipinski definition) is 2. The van der Waals surface area contributed by atoms with E-state index < -0.39 is 0 Å². The monoisotopic (exact) mass is 316 g/mol. The van der Waals surface area contributed by atoms with Gasteiger partial charge in [0.25, 0.3) is 0 Å². The lowest BCUT2D eigenvalue weighted by Crippen LogP contribution is -2.10. The van der Waals surface area contributed by atoms with Crippen molar-refractivity contribution in [1.82, 2.24) is 4.98 Å². The van der Waals surface area contributed by atoms with Crippen LogP contribution in [0.3, 0.4) is 0 Å². The van der Waals surface area contributed by atoms with Gasteiger partial charge in [0.15, 0.2) is 5.76 Å². The number of anilines is 1. The lowest BCUT2D eigenvalue weighted by molar-refractivity contribution is -0.114. The van der Waals surface area contributed by atoms with Crippen molar-refractivity contribution in [1.29, 1.82) is 0 Å². The van der Waals surface area contributed by atoms with Crippen LogP contribution in [0.15, 0.2) is 34.7 Å². The van der Waals surface area contributed by atoms with E-state index in [1.165, 1.54) is 6.92 Å². The van der Waals surface area contributed by atoms with Gasteiger partial charge in [0, 0.05) is 22.8 Å². The molecule has 0 unspecified atom stereocenters. The molecule has 0 atom stereocenters. The molecule has 0 aliphatic carbocycles. The molecule has 0 spiro atoms. The highest BCUT2D eigenvalue weighted by Crippen LogP contribution is 2.31. The van der Waals surface area contributed by atoms with E-state index in [4.69, 9.17) is 16.0 Å². The highest BCUT2D eigenvalue weighted by molar-refractivity contribution is 6.31. The largest absolute Gasteiger partial charge is 0.458 e. The number of hydrogen-bond acceptors (Lipinski definition) is 3. The minimum atomic E-state index is -0.329. The number of nitrogens with one attached hydrogen (secondary N) is 2. The summed E-state index contributed by atoms with van der Waals surface area (Å²) in [5.41, 5.74) is 1.36.